The van der Waals surface area contributed by atoms with E-state index in [0.29, 0.717) is 24.1 Å². The van der Waals surface area contributed by atoms with Gasteiger partial charge in [-0.25, -0.2) is 18.0 Å². The fraction of sp³-hybridized carbons (Fsp3) is 0.429. The summed E-state index contributed by atoms with van der Waals surface area (Å²) in [7, 11) is -3.47. The molecule has 1 N–H and O–H groups in total. The van der Waals surface area contributed by atoms with Gasteiger partial charge in [0.2, 0.25) is 10.0 Å². The highest BCUT2D eigenvalue weighted by Gasteiger charge is 2.19. The molecule has 1 heterocycles. The zero-order chi connectivity index (χ0) is 20.7. The number of benzene rings is 1. The molecule has 1 aromatic carbocycles. The summed E-state index contributed by atoms with van der Waals surface area (Å²) in [6.45, 7) is 5.71. The highest BCUT2D eigenvalue weighted by Crippen LogP contribution is 2.21. The number of hydrazone groups is 1. The zero-order valence-electron chi connectivity index (χ0n) is 16.9. The largest absolute Gasteiger partial charge is 0.459 e. The smallest absolute Gasteiger partial charge is 0.338 e. The molecule has 1 aromatic rings. The van der Waals surface area contributed by atoms with Gasteiger partial charge in [0.25, 0.3) is 0 Å². The van der Waals surface area contributed by atoms with Crippen LogP contribution in [0.25, 0.3) is 0 Å². The van der Waals surface area contributed by atoms with E-state index in [0.717, 1.165) is 35.8 Å². The number of nitrogens with one attached hydrogen (secondary N) is 1. The summed E-state index contributed by atoms with van der Waals surface area (Å²) in [6.07, 6.45) is 11.3. The lowest BCUT2D eigenvalue weighted by Gasteiger charge is -2.17. The normalized spacial score (nSPS) is 22.6. The second kappa shape index (κ2) is 9.68. The second-order valence-corrected chi connectivity index (χ2v) is 8.89. The van der Waals surface area contributed by atoms with Crippen molar-refractivity contribution in [1.82, 2.24) is 4.83 Å². The molecule has 0 spiro atoms. The zero-order valence-corrected chi connectivity index (χ0v) is 17.7. The van der Waals surface area contributed by atoms with E-state index in [4.69, 9.17) is 4.74 Å². The van der Waals surface area contributed by atoms with Gasteiger partial charge in [-0.15, -0.1) is 0 Å². The first-order valence-electron chi connectivity index (χ1n) is 9.31. The molecular formula is C21H28N2O4S. The molecule has 6 nitrogen and oxygen atoms in total. The molecule has 7 heteroatoms. The molecule has 0 saturated carbocycles. The number of carbonyl (C=O) groups is 1. The molecule has 1 unspecified atom stereocenters. The number of hydrogen-bond acceptors (Lipinski definition) is 5. The number of fused-ring (bicyclic) bond motifs is 1. The van der Waals surface area contributed by atoms with Crippen LogP contribution in [0.5, 0.6) is 0 Å². The van der Waals surface area contributed by atoms with Crippen LogP contribution in [-0.4, -0.2) is 32.5 Å². The summed E-state index contributed by atoms with van der Waals surface area (Å²) in [5.41, 5.74) is 3.65. The number of aryl methyl sites for hydroxylation is 2. The SMILES string of the molecule is Cc1cc(C)c2c(c1)CC(=N/NS(C)(=O)=O)/C=C/CC/C=C/CC(C)OC2=O. The van der Waals surface area contributed by atoms with E-state index >= 15 is 0 Å². The molecule has 1 atom stereocenters. The first kappa shape index (κ1) is 21.9. The summed E-state index contributed by atoms with van der Waals surface area (Å²) in [4.78, 5) is 15.0. The van der Waals surface area contributed by atoms with E-state index in [1.165, 1.54) is 0 Å². The van der Waals surface area contributed by atoms with Crippen LogP contribution >= 0.6 is 0 Å². The number of cyclic esters (lactones) is 1. The number of ether oxygens (including phenoxy) is 1. The third-order valence-corrected chi connectivity index (χ3v) is 4.67. The molecule has 0 bridgehead atoms. The molecule has 0 aromatic heterocycles. The minimum Gasteiger partial charge on any atom is -0.459 e. The van der Waals surface area contributed by atoms with E-state index in [1.54, 1.807) is 6.08 Å². The van der Waals surface area contributed by atoms with Gasteiger partial charge < -0.3 is 4.74 Å². The molecule has 0 aliphatic carbocycles. The van der Waals surface area contributed by atoms with Gasteiger partial charge in [0.05, 0.1) is 17.5 Å². The molecule has 0 saturated heterocycles. The van der Waals surface area contributed by atoms with Crippen LogP contribution in [-0.2, 0) is 21.2 Å². The van der Waals surface area contributed by atoms with Crippen LogP contribution in [0, 0.1) is 13.8 Å². The van der Waals surface area contributed by atoms with Crippen LogP contribution in [0.2, 0.25) is 0 Å². The monoisotopic (exact) mass is 404 g/mol. The molecule has 1 aliphatic heterocycles. The summed E-state index contributed by atoms with van der Waals surface area (Å²) in [6, 6.07) is 3.86. The van der Waals surface area contributed by atoms with Gasteiger partial charge in [-0.05, 0) is 50.8 Å². The lowest BCUT2D eigenvalue weighted by molar-refractivity contribution is 0.0346. The van der Waals surface area contributed by atoms with Gasteiger partial charge in [0, 0.05) is 12.8 Å². The number of esters is 1. The molecule has 0 radical (unpaired) electrons. The van der Waals surface area contributed by atoms with Crippen molar-refractivity contribution in [1.29, 1.82) is 0 Å². The number of rotatable bonds is 2. The van der Waals surface area contributed by atoms with Gasteiger partial charge in [-0.3, -0.25) is 0 Å². The van der Waals surface area contributed by atoms with Crippen LogP contribution in [0.15, 0.2) is 41.5 Å². The van der Waals surface area contributed by atoms with Crippen molar-refractivity contribution in [3.63, 3.8) is 0 Å². The van der Waals surface area contributed by atoms with Crippen molar-refractivity contribution < 1.29 is 17.9 Å². The van der Waals surface area contributed by atoms with E-state index in [-0.39, 0.29) is 12.1 Å². The summed E-state index contributed by atoms with van der Waals surface area (Å²) in [5.74, 6) is -0.370. The maximum atomic E-state index is 12.8. The van der Waals surface area contributed by atoms with Gasteiger partial charge in [0.15, 0.2) is 0 Å². The van der Waals surface area contributed by atoms with Crippen LogP contribution in [0.3, 0.4) is 0 Å². The predicted octanol–water partition coefficient (Wildman–Crippen LogP) is 3.59. The molecule has 0 fully saturated rings. The number of nitrogens with zero attached hydrogens (tertiary/aromatic N) is 1. The molecule has 152 valence electrons. The van der Waals surface area contributed by atoms with Gasteiger partial charge in [-0.1, -0.05) is 35.9 Å². The first-order chi connectivity index (χ1) is 13.2. The van der Waals surface area contributed by atoms with Crippen molar-refractivity contribution in [2.24, 2.45) is 5.10 Å². The Morgan fingerprint density at radius 2 is 1.86 bits per heavy atom. The topological polar surface area (TPSA) is 84.8 Å². The molecule has 2 rings (SSSR count). The summed E-state index contributed by atoms with van der Waals surface area (Å²) in [5, 5.41) is 4.04. The summed E-state index contributed by atoms with van der Waals surface area (Å²) >= 11 is 0. The maximum absolute atomic E-state index is 12.8. The van der Waals surface area contributed by atoms with Crippen LogP contribution in [0.1, 0.15) is 53.2 Å². The van der Waals surface area contributed by atoms with Crippen LogP contribution < -0.4 is 4.83 Å². The van der Waals surface area contributed by atoms with Crippen molar-refractivity contribution >= 4 is 21.7 Å². The Morgan fingerprint density at radius 1 is 1.14 bits per heavy atom. The van der Waals surface area contributed by atoms with E-state index < -0.39 is 10.0 Å². The lowest BCUT2D eigenvalue weighted by Crippen LogP contribution is -2.20. The average molecular weight is 405 g/mol. The molecule has 28 heavy (non-hydrogen) atoms. The predicted molar refractivity (Wildman–Crippen MR) is 112 cm³/mol. The Morgan fingerprint density at radius 3 is 2.57 bits per heavy atom. The van der Waals surface area contributed by atoms with Crippen molar-refractivity contribution in [2.45, 2.75) is 52.6 Å². The quantitative estimate of drug-likeness (QED) is 0.464. The third kappa shape index (κ3) is 6.96. The lowest BCUT2D eigenvalue weighted by atomic mass is 9.95. The Hall–Kier alpha value is -2.41. The second-order valence-electron chi connectivity index (χ2n) is 7.16. The number of allylic oxidation sites excluding steroid dienone is 3. The Bertz CT molecular complexity index is 915. The minimum atomic E-state index is -3.47. The number of carbonyl (C=O) groups excluding carboxylic acids is 1. The third-order valence-electron chi connectivity index (χ3n) is 4.25. The van der Waals surface area contributed by atoms with Gasteiger partial charge >= 0.3 is 5.97 Å². The Kier molecular flexibility index (Phi) is 7.57. The average Bonchev–Trinajstić information content (AvgIpc) is 2.56. The highest BCUT2D eigenvalue weighted by molar-refractivity contribution is 7.88. The Balaban J connectivity index is 2.50. The number of hydrogen-bond donors (Lipinski definition) is 1. The van der Waals surface area contributed by atoms with E-state index in [1.807, 2.05) is 45.1 Å². The molecule has 1 aliphatic rings. The maximum Gasteiger partial charge on any atom is 0.338 e. The van der Waals surface area contributed by atoms with E-state index in [2.05, 4.69) is 16.0 Å². The fourth-order valence-electron chi connectivity index (χ4n) is 3.07. The van der Waals surface area contributed by atoms with Crippen LogP contribution in [0.4, 0.5) is 0 Å². The fourth-order valence-corrected chi connectivity index (χ4v) is 3.35. The van der Waals surface area contributed by atoms with Crippen molar-refractivity contribution in [2.75, 3.05) is 6.26 Å². The molecule has 0 amide bonds. The van der Waals surface area contributed by atoms with Gasteiger partial charge in [0.1, 0.15) is 6.10 Å². The summed E-state index contributed by atoms with van der Waals surface area (Å²) < 4.78 is 28.5. The Labute approximate surface area is 167 Å². The van der Waals surface area contributed by atoms with Crippen molar-refractivity contribution in [3.8, 4) is 0 Å². The highest BCUT2D eigenvalue weighted by atomic mass is 32.2. The van der Waals surface area contributed by atoms with Gasteiger partial charge in [-0.2, -0.15) is 5.10 Å². The number of sulfonamides is 1. The van der Waals surface area contributed by atoms with Crippen molar-refractivity contribution in [3.05, 3.63) is 58.7 Å². The van der Waals surface area contributed by atoms with E-state index in [9.17, 15) is 13.2 Å². The standard InChI is InChI=1S/C21H28N2O4S/c1-15-12-16(2)20-18(13-15)14-19(22-23-28(4,25)26)11-9-7-5-6-8-10-17(3)27-21(20)24/h6,8-9,11-13,17,23H,5,7,10,14H2,1-4H3/b8-6+,11-9+,22-19+. The molecular weight excluding hydrogens is 376 g/mol. The first-order valence-corrected chi connectivity index (χ1v) is 11.2. The minimum absolute atomic E-state index is 0.226.